The molecule has 1 aromatic carbocycles. The maximum absolute atomic E-state index is 11.0. The van der Waals surface area contributed by atoms with Gasteiger partial charge in [-0.15, -0.1) is 0 Å². The van der Waals surface area contributed by atoms with Crippen LogP contribution in [0.2, 0.25) is 0 Å². The van der Waals surface area contributed by atoms with Gasteiger partial charge >= 0.3 is 5.97 Å². The lowest BCUT2D eigenvalue weighted by molar-refractivity contribution is -0.150. The van der Waals surface area contributed by atoms with E-state index in [2.05, 4.69) is 0 Å². The fraction of sp³-hybridized carbons (Fsp3) is 0.417. The first-order valence-electron chi connectivity index (χ1n) is 5.06. The van der Waals surface area contributed by atoms with E-state index in [0.717, 1.165) is 17.5 Å². The fourth-order valence-electron chi connectivity index (χ4n) is 1.41. The molecular weight excluding hydrogens is 192 g/mol. The fourth-order valence-corrected chi connectivity index (χ4v) is 1.41. The number of hydrogen-bond acceptors (Lipinski definition) is 2. The van der Waals surface area contributed by atoms with Crippen molar-refractivity contribution in [2.45, 2.75) is 26.4 Å². The van der Waals surface area contributed by atoms with Crippen LogP contribution in [0.15, 0.2) is 24.3 Å². The summed E-state index contributed by atoms with van der Waals surface area (Å²) in [6.45, 7) is 4.31. The Hall–Kier alpha value is -1.35. The number of ether oxygens (including phenoxy) is 1. The monoisotopic (exact) mass is 208 g/mol. The van der Waals surface area contributed by atoms with Gasteiger partial charge in [0.25, 0.3) is 0 Å². The first-order valence-corrected chi connectivity index (χ1v) is 5.06. The molecule has 0 amide bonds. The van der Waals surface area contributed by atoms with Crippen molar-refractivity contribution in [1.29, 1.82) is 0 Å². The number of benzene rings is 1. The Kier molecular flexibility index (Phi) is 4.31. The predicted molar refractivity (Wildman–Crippen MR) is 57.8 cm³/mol. The summed E-state index contributed by atoms with van der Waals surface area (Å²) in [6, 6.07) is 7.40. The van der Waals surface area contributed by atoms with Gasteiger partial charge in [-0.05, 0) is 24.5 Å². The Morgan fingerprint density at radius 1 is 1.47 bits per heavy atom. The quantitative estimate of drug-likeness (QED) is 0.808. The van der Waals surface area contributed by atoms with Gasteiger partial charge in [0.2, 0.25) is 0 Å². The summed E-state index contributed by atoms with van der Waals surface area (Å²) in [6.07, 6.45) is -0.0264. The lowest BCUT2D eigenvalue weighted by atomic mass is 10.0. The third kappa shape index (κ3) is 3.06. The summed E-state index contributed by atoms with van der Waals surface area (Å²) in [7, 11) is 0. The van der Waals surface area contributed by atoms with Gasteiger partial charge < -0.3 is 9.84 Å². The number of hydrogen-bond donors (Lipinski definition) is 1. The molecule has 0 aliphatic rings. The van der Waals surface area contributed by atoms with E-state index < -0.39 is 12.1 Å². The molecule has 0 spiro atoms. The zero-order valence-corrected chi connectivity index (χ0v) is 9.06. The van der Waals surface area contributed by atoms with Crippen LogP contribution in [0.25, 0.3) is 0 Å². The summed E-state index contributed by atoms with van der Waals surface area (Å²) < 4.78 is 5.32. The van der Waals surface area contributed by atoms with Crippen molar-refractivity contribution in [3.8, 4) is 0 Å². The van der Waals surface area contributed by atoms with Gasteiger partial charge in [-0.25, -0.2) is 4.79 Å². The minimum Gasteiger partial charge on any atom is -0.479 e. The highest BCUT2D eigenvalue weighted by Crippen LogP contribution is 2.21. The van der Waals surface area contributed by atoms with Crippen LogP contribution in [0, 0.1) is 6.92 Å². The SMILES string of the molecule is CCCOC(C(=O)O)c1ccccc1C. The average molecular weight is 208 g/mol. The van der Waals surface area contributed by atoms with E-state index in [4.69, 9.17) is 9.84 Å². The number of rotatable bonds is 5. The highest BCUT2D eigenvalue weighted by atomic mass is 16.5. The molecule has 0 radical (unpaired) electrons. The second-order valence-electron chi connectivity index (χ2n) is 3.45. The zero-order chi connectivity index (χ0) is 11.3. The second kappa shape index (κ2) is 5.51. The summed E-state index contributed by atoms with van der Waals surface area (Å²) >= 11 is 0. The summed E-state index contributed by atoms with van der Waals surface area (Å²) in [5.41, 5.74) is 1.68. The van der Waals surface area contributed by atoms with Crippen molar-refractivity contribution in [3.05, 3.63) is 35.4 Å². The molecule has 3 heteroatoms. The highest BCUT2D eigenvalue weighted by Gasteiger charge is 2.21. The van der Waals surface area contributed by atoms with Crippen LogP contribution in [0.5, 0.6) is 0 Å². The molecule has 1 aromatic rings. The third-order valence-corrected chi connectivity index (χ3v) is 2.18. The lowest BCUT2D eigenvalue weighted by Crippen LogP contribution is -2.16. The minimum atomic E-state index is -0.933. The second-order valence-corrected chi connectivity index (χ2v) is 3.45. The molecule has 0 heterocycles. The first kappa shape index (κ1) is 11.7. The van der Waals surface area contributed by atoms with E-state index in [9.17, 15) is 4.79 Å². The van der Waals surface area contributed by atoms with E-state index in [1.54, 1.807) is 6.07 Å². The summed E-state index contributed by atoms with van der Waals surface area (Å²) in [5, 5.41) is 9.05. The van der Waals surface area contributed by atoms with E-state index >= 15 is 0 Å². The van der Waals surface area contributed by atoms with Crippen molar-refractivity contribution in [1.82, 2.24) is 0 Å². The zero-order valence-electron chi connectivity index (χ0n) is 9.06. The predicted octanol–water partition coefficient (Wildman–Crippen LogP) is 2.55. The van der Waals surface area contributed by atoms with E-state index in [1.165, 1.54) is 0 Å². The van der Waals surface area contributed by atoms with Crippen LogP contribution in [-0.2, 0) is 9.53 Å². The van der Waals surface area contributed by atoms with Crippen molar-refractivity contribution in [2.75, 3.05) is 6.61 Å². The Balaban J connectivity index is 2.89. The molecule has 3 nitrogen and oxygen atoms in total. The molecule has 0 bridgehead atoms. The van der Waals surface area contributed by atoms with Gasteiger partial charge in [0, 0.05) is 6.61 Å². The molecule has 0 aliphatic heterocycles. The summed E-state index contributed by atoms with van der Waals surface area (Å²) in [5.74, 6) is -0.933. The highest BCUT2D eigenvalue weighted by molar-refractivity contribution is 5.74. The normalized spacial score (nSPS) is 12.4. The van der Waals surface area contributed by atoms with Crippen LogP contribution in [-0.4, -0.2) is 17.7 Å². The first-order chi connectivity index (χ1) is 7.16. The number of carboxylic acid groups (broad SMARTS) is 1. The van der Waals surface area contributed by atoms with Crippen LogP contribution >= 0.6 is 0 Å². The minimum absolute atomic E-state index is 0.464. The van der Waals surface area contributed by atoms with Gasteiger partial charge in [-0.2, -0.15) is 0 Å². The maximum Gasteiger partial charge on any atom is 0.337 e. The average Bonchev–Trinajstić information content (AvgIpc) is 2.20. The molecule has 15 heavy (non-hydrogen) atoms. The van der Waals surface area contributed by atoms with Crippen molar-refractivity contribution in [2.24, 2.45) is 0 Å². The van der Waals surface area contributed by atoms with Crippen molar-refractivity contribution < 1.29 is 14.6 Å². The molecular formula is C12H16O3. The van der Waals surface area contributed by atoms with Crippen LogP contribution in [0.1, 0.15) is 30.6 Å². The Morgan fingerprint density at radius 3 is 2.67 bits per heavy atom. The van der Waals surface area contributed by atoms with Gasteiger partial charge in [0.1, 0.15) is 0 Å². The topological polar surface area (TPSA) is 46.5 Å². The standard InChI is InChI=1S/C12H16O3/c1-3-8-15-11(12(13)14)10-7-5-4-6-9(10)2/h4-7,11H,3,8H2,1-2H3,(H,13,14). The number of aliphatic carboxylic acids is 1. The van der Waals surface area contributed by atoms with Gasteiger partial charge in [-0.3, -0.25) is 0 Å². The van der Waals surface area contributed by atoms with E-state index in [0.29, 0.717) is 6.61 Å². The van der Waals surface area contributed by atoms with Gasteiger partial charge in [0.15, 0.2) is 6.10 Å². The van der Waals surface area contributed by atoms with Gasteiger partial charge in [0.05, 0.1) is 0 Å². The number of aryl methyl sites for hydroxylation is 1. The van der Waals surface area contributed by atoms with Crippen LogP contribution < -0.4 is 0 Å². The molecule has 0 aromatic heterocycles. The molecule has 0 saturated carbocycles. The van der Waals surface area contributed by atoms with E-state index in [-0.39, 0.29) is 0 Å². The molecule has 1 unspecified atom stereocenters. The largest absolute Gasteiger partial charge is 0.479 e. The van der Waals surface area contributed by atoms with Crippen molar-refractivity contribution >= 4 is 5.97 Å². The number of carbonyl (C=O) groups is 1. The molecule has 0 fully saturated rings. The summed E-state index contributed by atoms with van der Waals surface area (Å²) in [4.78, 5) is 11.0. The maximum atomic E-state index is 11.0. The molecule has 0 saturated heterocycles. The Labute approximate surface area is 89.7 Å². The van der Waals surface area contributed by atoms with Gasteiger partial charge in [-0.1, -0.05) is 31.2 Å². The van der Waals surface area contributed by atoms with Crippen LogP contribution in [0.3, 0.4) is 0 Å². The third-order valence-electron chi connectivity index (χ3n) is 2.18. The van der Waals surface area contributed by atoms with E-state index in [1.807, 2.05) is 32.0 Å². The lowest BCUT2D eigenvalue weighted by Gasteiger charge is -2.15. The molecule has 1 rings (SSSR count). The molecule has 82 valence electrons. The molecule has 1 atom stereocenters. The Morgan fingerprint density at radius 2 is 2.13 bits per heavy atom. The molecule has 1 N–H and O–H groups in total. The number of carboxylic acids is 1. The Bertz CT molecular complexity index is 333. The molecule has 0 aliphatic carbocycles. The van der Waals surface area contributed by atoms with Crippen molar-refractivity contribution in [3.63, 3.8) is 0 Å². The van der Waals surface area contributed by atoms with Crippen LogP contribution in [0.4, 0.5) is 0 Å². The smallest absolute Gasteiger partial charge is 0.337 e.